The van der Waals surface area contributed by atoms with Gasteiger partial charge in [0, 0.05) is 0 Å². The van der Waals surface area contributed by atoms with Crippen molar-refractivity contribution in [3.8, 4) is 5.75 Å². The van der Waals surface area contributed by atoms with Gasteiger partial charge in [-0.3, -0.25) is 4.79 Å². The third kappa shape index (κ3) is 3.18. The summed E-state index contributed by atoms with van der Waals surface area (Å²) in [7, 11) is 0. The topological polar surface area (TPSA) is 26.3 Å². The first-order valence-corrected chi connectivity index (χ1v) is 4.80. The average Bonchev–Trinajstić information content (AvgIpc) is 2.17. The molecule has 0 spiro atoms. The van der Waals surface area contributed by atoms with Crippen molar-refractivity contribution >= 4 is 5.78 Å². The summed E-state index contributed by atoms with van der Waals surface area (Å²) in [5, 5.41) is 0. The maximum Gasteiger partial charge on any atom is 0.416 e. The Morgan fingerprint density at radius 1 is 1.28 bits per heavy atom. The normalized spacial score (nSPS) is 11.8. The summed E-state index contributed by atoms with van der Waals surface area (Å²) < 4.78 is 65.8. The highest BCUT2D eigenvalue weighted by Gasteiger charge is 2.32. The van der Waals surface area contributed by atoms with Crippen molar-refractivity contribution in [3.05, 3.63) is 28.8 Å². The Kier molecular flexibility index (Phi) is 3.93. The molecule has 2 nitrogen and oxygen atoms in total. The molecular formula is C11H9F5O2. The summed E-state index contributed by atoms with van der Waals surface area (Å²) >= 11 is 0. The molecule has 0 unspecified atom stereocenters. The van der Waals surface area contributed by atoms with Gasteiger partial charge < -0.3 is 4.74 Å². The molecule has 0 N–H and O–H groups in total. The number of carbonyl (C=O) groups is 1. The number of benzene rings is 1. The number of ketones is 1. The van der Waals surface area contributed by atoms with Gasteiger partial charge in [0.1, 0.15) is 5.75 Å². The van der Waals surface area contributed by atoms with Crippen LogP contribution in [0.4, 0.5) is 22.0 Å². The Balaban J connectivity index is 3.41. The van der Waals surface area contributed by atoms with Crippen molar-refractivity contribution in [2.24, 2.45) is 0 Å². The molecular weight excluding hydrogens is 259 g/mol. The fourth-order valence-corrected chi connectivity index (χ4v) is 1.44. The molecule has 18 heavy (non-hydrogen) atoms. The highest BCUT2D eigenvalue weighted by molar-refractivity contribution is 5.97. The Morgan fingerprint density at radius 2 is 1.83 bits per heavy atom. The van der Waals surface area contributed by atoms with E-state index < -0.39 is 35.4 Å². The van der Waals surface area contributed by atoms with Gasteiger partial charge in [0.25, 0.3) is 0 Å². The first-order chi connectivity index (χ1) is 8.12. The largest absolute Gasteiger partial charge is 0.434 e. The van der Waals surface area contributed by atoms with Gasteiger partial charge in [-0.05, 0) is 31.5 Å². The maximum atomic E-state index is 12.5. The average molecular weight is 268 g/mol. The van der Waals surface area contributed by atoms with E-state index in [9.17, 15) is 26.7 Å². The predicted molar refractivity (Wildman–Crippen MR) is 52.8 cm³/mol. The summed E-state index contributed by atoms with van der Waals surface area (Å²) in [6.07, 6.45) is -4.65. The number of rotatable bonds is 3. The lowest BCUT2D eigenvalue weighted by atomic mass is 10.0. The molecule has 1 aromatic rings. The highest BCUT2D eigenvalue weighted by Crippen LogP contribution is 2.35. The third-order valence-electron chi connectivity index (χ3n) is 2.19. The molecule has 100 valence electrons. The van der Waals surface area contributed by atoms with Gasteiger partial charge >= 0.3 is 12.8 Å². The number of hydrogen-bond acceptors (Lipinski definition) is 2. The number of carbonyl (C=O) groups excluding carboxylic acids is 1. The van der Waals surface area contributed by atoms with E-state index in [2.05, 4.69) is 4.74 Å². The smallest absolute Gasteiger partial charge is 0.416 e. The maximum absolute atomic E-state index is 12.5. The molecule has 0 amide bonds. The van der Waals surface area contributed by atoms with Crippen LogP contribution < -0.4 is 4.74 Å². The second kappa shape index (κ2) is 4.91. The lowest BCUT2D eigenvalue weighted by Crippen LogP contribution is -2.12. The molecule has 0 aliphatic carbocycles. The Hall–Kier alpha value is -1.66. The van der Waals surface area contributed by atoms with Crippen LogP contribution in [0.5, 0.6) is 5.75 Å². The number of ether oxygens (including phenoxy) is 1. The van der Waals surface area contributed by atoms with Crippen LogP contribution in [0, 0.1) is 6.92 Å². The van der Waals surface area contributed by atoms with Gasteiger partial charge in [0.05, 0.1) is 11.1 Å². The summed E-state index contributed by atoms with van der Waals surface area (Å²) in [5.74, 6) is -1.30. The number of halogens is 5. The minimum Gasteiger partial charge on any atom is -0.434 e. The number of hydrogen-bond donors (Lipinski definition) is 0. The lowest BCUT2D eigenvalue weighted by molar-refractivity contribution is -0.137. The van der Waals surface area contributed by atoms with Crippen LogP contribution in [0.25, 0.3) is 0 Å². The van der Waals surface area contributed by atoms with E-state index in [4.69, 9.17) is 0 Å². The second-order valence-corrected chi connectivity index (χ2v) is 3.60. The Morgan fingerprint density at radius 3 is 2.22 bits per heavy atom. The molecule has 1 rings (SSSR count). The van der Waals surface area contributed by atoms with Crippen LogP contribution in [0.2, 0.25) is 0 Å². The van der Waals surface area contributed by atoms with E-state index in [1.54, 1.807) is 0 Å². The fourth-order valence-electron chi connectivity index (χ4n) is 1.44. The summed E-state index contributed by atoms with van der Waals surface area (Å²) in [5.41, 5.74) is -1.76. The molecule has 0 radical (unpaired) electrons. The van der Waals surface area contributed by atoms with E-state index in [1.165, 1.54) is 6.92 Å². The van der Waals surface area contributed by atoms with Crippen molar-refractivity contribution in [1.29, 1.82) is 0 Å². The Bertz CT molecular complexity index is 465. The molecule has 0 saturated heterocycles. The lowest BCUT2D eigenvalue weighted by Gasteiger charge is -2.15. The van der Waals surface area contributed by atoms with Crippen molar-refractivity contribution in [2.75, 3.05) is 0 Å². The molecule has 7 heteroatoms. The van der Waals surface area contributed by atoms with E-state index >= 15 is 0 Å². The van der Waals surface area contributed by atoms with Crippen molar-refractivity contribution in [3.63, 3.8) is 0 Å². The molecule has 1 aromatic carbocycles. The molecule has 0 aliphatic rings. The van der Waals surface area contributed by atoms with E-state index in [0.29, 0.717) is 12.1 Å². The van der Waals surface area contributed by atoms with Gasteiger partial charge in [-0.25, -0.2) is 0 Å². The summed E-state index contributed by atoms with van der Waals surface area (Å²) in [4.78, 5) is 11.2. The molecule has 0 atom stereocenters. The SMILES string of the molecule is CC(=O)c1cc(C(F)(F)F)cc(C)c1OC(F)F. The zero-order chi connectivity index (χ0) is 14.1. The molecule has 0 aliphatic heterocycles. The summed E-state index contributed by atoms with van der Waals surface area (Å²) in [6, 6.07) is 1.16. The first-order valence-electron chi connectivity index (χ1n) is 4.80. The highest BCUT2D eigenvalue weighted by atomic mass is 19.4. The summed E-state index contributed by atoms with van der Waals surface area (Å²) in [6.45, 7) is -1.06. The minimum absolute atomic E-state index is 0.171. The van der Waals surface area contributed by atoms with Crippen LogP contribution >= 0.6 is 0 Å². The van der Waals surface area contributed by atoms with Gasteiger partial charge in [-0.15, -0.1) is 0 Å². The standard InChI is InChI=1S/C11H9F5O2/c1-5-3-7(11(14,15)16)4-8(6(2)17)9(5)18-10(12)13/h3-4,10H,1-2H3. The van der Waals surface area contributed by atoms with Crippen LogP contribution in [-0.2, 0) is 6.18 Å². The fraction of sp³-hybridized carbons (Fsp3) is 0.364. The first kappa shape index (κ1) is 14.4. The van der Waals surface area contributed by atoms with Gasteiger partial charge in [0.2, 0.25) is 0 Å². The number of alkyl halides is 5. The second-order valence-electron chi connectivity index (χ2n) is 3.60. The molecule has 0 fully saturated rings. The third-order valence-corrected chi connectivity index (χ3v) is 2.19. The van der Waals surface area contributed by atoms with Gasteiger partial charge in [0.15, 0.2) is 5.78 Å². The molecule has 0 heterocycles. The van der Waals surface area contributed by atoms with Crippen LogP contribution in [0.1, 0.15) is 28.4 Å². The zero-order valence-corrected chi connectivity index (χ0v) is 9.44. The van der Waals surface area contributed by atoms with Gasteiger partial charge in [-0.2, -0.15) is 22.0 Å². The Labute approximate surface area is 99.4 Å². The van der Waals surface area contributed by atoms with Gasteiger partial charge in [-0.1, -0.05) is 0 Å². The predicted octanol–water partition coefficient (Wildman–Crippen LogP) is 3.82. The van der Waals surface area contributed by atoms with Crippen molar-refractivity contribution < 1.29 is 31.5 Å². The quantitative estimate of drug-likeness (QED) is 0.615. The van der Waals surface area contributed by atoms with Crippen molar-refractivity contribution in [2.45, 2.75) is 26.6 Å². The van der Waals surface area contributed by atoms with Crippen LogP contribution in [-0.4, -0.2) is 12.4 Å². The number of Topliss-reactive ketones (excluding diaryl/α,β-unsaturated/α-hetero) is 1. The van der Waals surface area contributed by atoms with Crippen molar-refractivity contribution in [1.82, 2.24) is 0 Å². The van der Waals surface area contributed by atoms with E-state index in [-0.39, 0.29) is 5.56 Å². The van der Waals surface area contributed by atoms with E-state index in [1.807, 2.05) is 0 Å². The minimum atomic E-state index is -4.65. The molecule has 0 saturated carbocycles. The molecule has 0 aromatic heterocycles. The van der Waals surface area contributed by atoms with E-state index in [0.717, 1.165) is 6.92 Å². The zero-order valence-electron chi connectivity index (χ0n) is 9.44. The van der Waals surface area contributed by atoms with Crippen LogP contribution in [0.15, 0.2) is 12.1 Å². The monoisotopic (exact) mass is 268 g/mol. The van der Waals surface area contributed by atoms with Crippen LogP contribution in [0.3, 0.4) is 0 Å². The molecule has 0 bridgehead atoms. The number of aryl methyl sites for hydroxylation is 1.